The maximum atomic E-state index is 5.67. The van der Waals surface area contributed by atoms with Crippen LogP contribution >= 0.6 is 0 Å². The fraction of sp³-hybridized carbons (Fsp3) is 0.571. The molecule has 2 heterocycles. The van der Waals surface area contributed by atoms with Crippen LogP contribution < -0.4 is 14.8 Å². The number of ether oxygens (including phenoxy) is 2. The van der Waals surface area contributed by atoms with Gasteiger partial charge in [-0.3, -0.25) is 0 Å². The molecule has 0 radical (unpaired) electrons. The lowest BCUT2D eigenvalue weighted by atomic mass is 9.96. The third kappa shape index (κ3) is 2.00. The Hall–Kier alpha value is -1.22. The first kappa shape index (κ1) is 10.9. The number of fused-ring (bicyclic) bond motifs is 1. The van der Waals surface area contributed by atoms with Gasteiger partial charge in [-0.05, 0) is 49.1 Å². The van der Waals surface area contributed by atoms with Gasteiger partial charge in [-0.15, -0.1) is 0 Å². The van der Waals surface area contributed by atoms with Crippen molar-refractivity contribution in [3.63, 3.8) is 0 Å². The van der Waals surface area contributed by atoms with Gasteiger partial charge in [0, 0.05) is 6.04 Å². The minimum absolute atomic E-state index is 0.501. The predicted octanol–water partition coefficient (Wildman–Crippen LogP) is 2.44. The molecule has 3 heteroatoms. The molecular formula is C14H19NO2. The summed E-state index contributed by atoms with van der Waals surface area (Å²) < 4.78 is 11.3. The van der Waals surface area contributed by atoms with Crippen LogP contribution in [0.15, 0.2) is 12.1 Å². The largest absolute Gasteiger partial charge is 0.486 e. The lowest BCUT2D eigenvalue weighted by Crippen LogP contribution is -2.18. The van der Waals surface area contributed by atoms with Crippen LogP contribution in [-0.4, -0.2) is 19.8 Å². The Morgan fingerprint density at radius 2 is 2.00 bits per heavy atom. The molecule has 0 spiro atoms. The van der Waals surface area contributed by atoms with E-state index < -0.39 is 0 Å². The second kappa shape index (κ2) is 4.57. The topological polar surface area (TPSA) is 30.5 Å². The molecule has 0 bridgehead atoms. The van der Waals surface area contributed by atoms with Crippen molar-refractivity contribution in [3.05, 3.63) is 23.3 Å². The highest BCUT2D eigenvalue weighted by atomic mass is 16.6. The summed E-state index contributed by atoms with van der Waals surface area (Å²) in [5.74, 6) is 1.83. The number of rotatable bonds is 2. The Morgan fingerprint density at radius 3 is 2.65 bits per heavy atom. The Morgan fingerprint density at radius 1 is 1.24 bits per heavy atom. The van der Waals surface area contributed by atoms with E-state index in [4.69, 9.17) is 9.47 Å². The van der Waals surface area contributed by atoms with Gasteiger partial charge in [0.1, 0.15) is 13.2 Å². The van der Waals surface area contributed by atoms with Crippen LogP contribution in [0.25, 0.3) is 0 Å². The lowest BCUT2D eigenvalue weighted by Gasteiger charge is -2.23. The van der Waals surface area contributed by atoms with Crippen LogP contribution in [0.5, 0.6) is 11.5 Å². The van der Waals surface area contributed by atoms with Crippen molar-refractivity contribution in [3.8, 4) is 11.5 Å². The van der Waals surface area contributed by atoms with E-state index in [0.717, 1.165) is 24.5 Å². The monoisotopic (exact) mass is 233 g/mol. The van der Waals surface area contributed by atoms with Crippen molar-refractivity contribution in [2.75, 3.05) is 19.8 Å². The fourth-order valence-electron chi connectivity index (χ4n) is 2.73. The van der Waals surface area contributed by atoms with Gasteiger partial charge in [0.05, 0.1) is 0 Å². The quantitative estimate of drug-likeness (QED) is 0.851. The van der Waals surface area contributed by atoms with Crippen LogP contribution in [0.3, 0.4) is 0 Å². The molecular weight excluding hydrogens is 214 g/mol. The summed E-state index contributed by atoms with van der Waals surface area (Å²) >= 11 is 0. The molecule has 0 amide bonds. The third-order valence-electron chi connectivity index (χ3n) is 3.62. The fourth-order valence-corrected chi connectivity index (χ4v) is 2.73. The smallest absolute Gasteiger partial charge is 0.161 e. The SMILES string of the molecule is CCc1cc2c(cc1C1CCCN1)OCCO2. The molecule has 1 atom stereocenters. The molecule has 1 aromatic carbocycles. The number of benzene rings is 1. The zero-order valence-electron chi connectivity index (χ0n) is 10.3. The molecule has 92 valence electrons. The molecule has 0 aliphatic carbocycles. The van der Waals surface area contributed by atoms with Gasteiger partial charge in [-0.1, -0.05) is 6.92 Å². The Kier molecular flexibility index (Phi) is 2.93. The first-order valence-corrected chi connectivity index (χ1v) is 6.54. The van der Waals surface area contributed by atoms with E-state index in [2.05, 4.69) is 24.4 Å². The van der Waals surface area contributed by atoms with E-state index in [-0.39, 0.29) is 0 Å². The molecule has 3 nitrogen and oxygen atoms in total. The number of nitrogens with one attached hydrogen (secondary N) is 1. The number of hydrogen-bond acceptors (Lipinski definition) is 3. The van der Waals surface area contributed by atoms with Gasteiger partial charge >= 0.3 is 0 Å². The summed E-state index contributed by atoms with van der Waals surface area (Å²) in [7, 11) is 0. The van der Waals surface area contributed by atoms with Crippen LogP contribution in [0.2, 0.25) is 0 Å². The Labute approximate surface area is 102 Å². The highest BCUT2D eigenvalue weighted by Gasteiger charge is 2.22. The first-order valence-electron chi connectivity index (χ1n) is 6.54. The van der Waals surface area contributed by atoms with E-state index in [0.29, 0.717) is 19.3 Å². The molecule has 1 N–H and O–H groups in total. The second-order valence-corrected chi connectivity index (χ2v) is 4.70. The molecule has 2 aliphatic rings. The summed E-state index contributed by atoms with van der Waals surface area (Å²) in [4.78, 5) is 0. The van der Waals surface area contributed by atoms with Crippen molar-refractivity contribution < 1.29 is 9.47 Å². The molecule has 1 unspecified atom stereocenters. The normalized spacial score (nSPS) is 22.8. The number of hydrogen-bond donors (Lipinski definition) is 1. The summed E-state index contributed by atoms with van der Waals surface area (Å²) in [6, 6.07) is 4.83. The molecule has 0 saturated carbocycles. The zero-order chi connectivity index (χ0) is 11.7. The molecule has 17 heavy (non-hydrogen) atoms. The van der Waals surface area contributed by atoms with E-state index in [1.807, 2.05) is 0 Å². The lowest BCUT2D eigenvalue weighted by molar-refractivity contribution is 0.171. The van der Waals surface area contributed by atoms with E-state index >= 15 is 0 Å². The van der Waals surface area contributed by atoms with Gasteiger partial charge in [0.25, 0.3) is 0 Å². The van der Waals surface area contributed by atoms with E-state index in [1.54, 1.807) is 0 Å². The highest BCUT2D eigenvalue weighted by Crippen LogP contribution is 2.37. The molecule has 3 rings (SSSR count). The first-order chi connectivity index (χ1) is 8.38. The molecule has 1 fully saturated rings. The highest BCUT2D eigenvalue weighted by molar-refractivity contribution is 5.49. The minimum Gasteiger partial charge on any atom is -0.486 e. The number of aryl methyl sites for hydroxylation is 1. The zero-order valence-corrected chi connectivity index (χ0v) is 10.3. The maximum absolute atomic E-state index is 5.67. The standard InChI is InChI=1S/C14H19NO2/c1-2-10-8-13-14(17-7-6-16-13)9-11(10)12-4-3-5-15-12/h8-9,12,15H,2-7H2,1H3. The van der Waals surface area contributed by atoms with Crippen LogP contribution in [-0.2, 0) is 6.42 Å². The summed E-state index contributed by atoms with van der Waals surface area (Å²) in [6.45, 7) is 4.65. The van der Waals surface area contributed by atoms with Gasteiger partial charge in [0.2, 0.25) is 0 Å². The average molecular weight is 233 g/mol. The van der Waals surface area contributed by atoms with Crippen LogP contribution in [0, 0.1) is 0 Å². The van der Waals surface area contributed by atoms with Gasteiger partial charge in [-0.2, -0.15) is 0 Å². The Balaban J connectivity index is 2.00. The van der Waals surface area contributed by atoms with Crippen LogP contribution in [0.4, 0.5) is 0 Å². The molecule has 2 aliphatic heterocycles. The summed E-state index contributed by atoms with van der Waals surface area (Å²) in [5, 5.41) is 3.56. The van der Waals surface area contributed by atoms with Crippen molar-refractivity contribution in [2.45, 2.75) is 32.2 Å². The van der Waals surface area contributed by atoms with Gasteiger partial charge in [-0.25, -0.2) is 0 Å². The molecule has 0 aromatic heterocycles. The molecule has 1 saturated heterocycles. The van der Waals surface area contributed by atoms with Gasteiger partial charge < -0.3 is 14.8 Å². The van der Waals surface area contributed by atoms with Crippen molar-refractivity contribution in [1.82, 2.24) is 5.32 Å². The maximum Gasteiger partial charge on any atom is 0.161 e. The van der Waals surface area contributed by atoms with E-state index in [9.17, 15) is 0 Å². The molecule has 1 aromatic rings. The minimum atomic E-state index is 0.501. The summed E-state index contributed by atoms with van der Waals surface area (Å²) in [6.07, 6.45) is 3.54. The van der Waals surface area contributed by atoms with Crippen molar-refractivity contribution >= 4 is 0 Å². The van der Waals surface area contributed by atoms with Crippen LogP contribution in [0.1, 0.15) is 36.9 Å². The van der Waals surface area contributed by atoms with Crippen molar-refractivity contribution in [1.29, 1.82) is 0 Å². The second-order valence-electron chi connectivity index (χ2n) is 4.70. The average Bonchev–Trinajstić information content (AvgIpc) is 2.91. The van der Waals surface area contributed by atoms with Crippen molar-refractivity contribution in [2.24, 2.45) is 0 Å². The van der Waals surface area contributed by atoms with Gasteiger partial charge in [0.15, 0.2) is 11.5 Å². The Bertz CT molecular complexity index is 411. The third-order valence-corrected chi connectivity index (χ3v) is 3.62. The van der Waals surface area contributed by atoms with E-state index in [1.165, 1.54) is 24.0 Å². The summed E-state index contributed by atoms with van der Waals surface area (Å²) in [5.41, 5.74) is 2.78. The predicted molar refractivity (Wildman–Crippen MR) is 66.8 cm³/mol.